The van der Waals surface area contributed by atoms with Gasteiger partial charge in [0.2, 0.25) is 0 Å². The van der Waals surface area contributed by atoms with Crippen molar-refractivity contribution in [2.24, 2.45) is 11.7 Å². The van der Waals surface area contributed by atoms with Crippen LogP contribution in [0, 0.1) is 12.8 Å². The summed E-state index contributed by atoms with van der Waals surface area (Å²) in [6, 6.07) is 5.38. The molecule has 1 saturated carbocycles. The van der Waals surface area contributed by atoms with Gasteiger partial charge in [-0.3, -0.25) is 4.79 Å². The number of rotatable bonds is 4. The third-order valence-corrected chi connectivity index (χ3v) is 4.04. The van der Waals surface area contributed by atoms with Crippen molar-refractivity contribution < 1.29 is 9.21 Å². The molecule has 2 aromatic heterocycles. The summed E-state index contributed by atoms with van der Waals surface area (Å²) in [5.41, 5.74) is 7.69. The van der Waals surface area contributed by atoms with Crippen LogP contribution in [-0.2, 0) is 0 Å². The highest BCUT2D eigenvalue weighted by atomic mass is 16.3. The molecule has 1 aliphatic carbocycles. The van der Waals surface area contributed by atoms with Gasteiger partial charge in [-0.1, -0.05) is 0 Å². The molecule has 0 aliphatic heterocycles. The number of nitrogens with zero attached hydrogens (tertiary/aromatic N) is 1. The number of amides is 1. The van der Waals surface area contributed by atoms with Crippen molar-refractivity contribution in [2.75, 3.05) is 6.54 Å². The molecule has 3 N–H and O–H groups in total. The molecule has 2 heterocycles. The predicted octanol–water partition coefficient (Wildman–Crippen LogP) is 1.99. The van der Waals surface area contributed by atoms with Crippen molar-refractivity contribution in [1.29, 1.82) is 0 Å². The highest BCUT2D eigenvalue weighted by Crippen LogP contribution is 2.39. The van der Waals surface area contributed by atoms with Gasteiger partial charge in [-0.2, -0.15) is 0 Å². The average Bonchev–Trinajstić information content (AvgIpc) is 3.19. The van der Waals surface area contributed by atoms with Gasteiger partial charge in [0, 0.05) is 18.3 Å². The average molecular weight is 273 g/mol. The van der Waals surface area contributed by atoms with Gasteiger partial charge in [0.05, 0.1) is 5.54 Å². The number of pyridine rings is 1. The molecule has 1 unspecified atom stereocenters. The highest BCUT2D eigenvalue weighted by molar-refractivity contribution is 5.95. The second-order valence-electron chi connectivity index (χ2n) is 5.80. The fourth-order valence-electron chi connectivity index (χ4n) is 2.50. The predicted molar refractivity (Wildman–Crippen MR) is 76.4 cm³/mol. The van der Waals surface area contributed by atoms with Crippen LogP contribution in [0.25, 0.3) is 11.1 Å². The van der Waals surface area contributed by atoms with E-state index in [4.69, 9.17) is 10.2 Å². The smallest absolute Gasteiger partial charge is 0.287 e. The van der Waals surface area contributed by atoms with Crippen LogP contribution < -0.4 is 11.1 Å². The first-order valence-corrected chi connectivity index (χ1v) is 6.91. The van der Waals surface area contributed by atoms with E-state index in [-0.39, 0.29) is 11.4 Å². The van der Waals surface area contributed by atoms with Crippen molar-refractivity contribution in [3.05, 3.63) is 29.7 Å². The Kier molecular flexibility index (Phi) is 3.01. The van der Waals surface area contributed by atoms with E-state index >= 15 is 0 Å². The molecule has 1 aliphatic rings. The van der Waals surface area contributed by atoms with Crippen molar-refractivity contribution >= 4 is 17.0 Å². The van der Waals surface area contributed by atoms with E-state index in [2.05, 4.69) is 10.3 Å². The second-order valence-corrected chi connectivity index (χ2v) is 5.80. The molecule has 0 spiro atoms. The second kappa shape index (κ2) is 4.59. The molecular weight excluding hydrogens is 254 g/mol. The Morgan fingerprint density at radius 1 is 1.55 bits per heavy atom. The molecule has 1 fully saturated rings. The zero-order chi connectivity index (χ0) is 14.3. The van der Waals surface area contributed by atoms with Crippen LogP contribution in [0.2, 0.25) is 0 Å². The van der Waals surface area contributed by atoms with Gasteiger partial charge in [0.15, 0.2) is 11.3 Å². The van der Waals surface area contributed by atoms with E-state index in [0.717, 1.165) is 18.5 Å². The number of carbonyl (C=O) groups excluding carboxylic acids is 1. The van der Waals surface area contributed by atoms with E-state index in [0.29, 0.717) is 29.3 Å². The lowest BCUT2D eigenvalue weighted by Crippen LogP contribution is -2.53. The molecular formula is C15H19N3O2. The van der Waals surface area contributed by atoms with E-state index in [9.17, 15) is 4.79 Å². The van der Waals surface area contributed by atoms with Gasteiger partial charge >= 0.3 is 0 Å². The normalized spacial score (nSPS) is 17.9. The van der Waals surface area contributed by atoms with Gasteiger partial charge in [-0.25, -0.2) is 4.98 Å². The number of carbonyl (C=O) groups is 1. The minimum atomic E-state index is -0.348. The minimum Gasteiger partial charge on any atom is -0.449 e. The summed E-state index contributed by atoms with van der Waals surface area (Å²) in [4.78, 5) is 16.7. The number of aromatic nitrogens is 1. The maximum atomic E-state index is 12.3. The summed E-state index contributed by atoms with van der Waals surface area (Å²) in [5, 5.41) is 3.01. The summed E-state index contributed by atoms with van der Waals surface area (Å²) in [6.07, 6.45) is 2.24. The van der Waals surface area contributed by atoms with Crippen LogP contribution in [0.15, 0.2) is 22.6 Å². The molecule has 106 valence electrons. The van der Waals surface area contributed by atoms with Crippen LogP contribution in [0.1, 0.15) is 36.0 Å². The SMILES string of the molecule is Cc1ccc2oc(C(=O)NC(C)(CN)C3CC3)cc2n1. The first-order valence-electron chi connectivity index (χ1n) is 6.91. The zero-order valence-corrected chi connectivity index (χ0v) is 11.8. The lowest BCUT2D eigenvalue weighted by atomic mass is 9.96. The van der Waals surface area contributed by atoms with E-state index in [1.165, 1.54) is 0 Å². The standard InChI is InChI=1S/C15H19N3O2/c1-9-3-6-12-11(17-9)7-13(20-12)14(19)18-15(2,8-16)10-4-5-10/h3,6-7,10H,4-5,8,16H2,1-2H3,(H,18,19). The Labute approximate surface area is 117 Å². The maximum Gasteiger partial charge on any atom is 0.287 e. The highest BCUT2D eigenvalue weighted by Gasteiger charge is 2.42. The summed E-state index contributed by atoms with van der Waals surface area (Å²) < 4.78 is 5.56. The molecule has 20 heavy (non-hydrogen) atoms. The third-order valence-electron chi connectivity index (χ3n) is 4.04. The molecule has 5 nitrogen and oxygen atoms in total. The van der Waals surface area contributed by atoms with E-state index < -0.39 is 0 Å². The van der Waals surface area contributed by atoms with Crippen molar-refractivity contribution in [2.45, 2.75) is 32.2 Å². The molecule has 1 amide bonds. The summed E-state index contributed by atoms with van der Waals surface area (Å²) in [5.74, 6) is 0.542. The lowest BCUT2D eigenvalue weighted by Gasteiger charge is -2.28. The number of fused-ring (bicyclic) bond motifs is 1. The van der Waals surface area contributed by atoms with Crippen LogP contribution >= 0.6 is 0 Å². The first kappa shape index (κ1) is 13.1. The Bertz CT molecular complexity index is 660. The van der Waals surface area contributed by atoms with Gasteiger partial charge < -0.3 is 15.5 Å². The Hall–Kier alpha value is -1.88. The monoisotopic (exact) mass is 273 g/mol. The van der Waals surface area contributed by atoms with Crippen LogP contribution in [0.3, 0.4) is 0 Å². The number of hydrogen-bond acceptors (Lipinski definition) is 4. The largest absolute Gasteiger partial charge is 0.449 e. The first-order chi connectivity index (χ1) is 9.51. The van der Waals surface area contributed by atoms with Crippen molar-refractivity contribution in [3.8, 4) is 0 Å². The van der Waals surface area contributed by atoms with Gasteiger partial charge in [-0.15, -0.1) is 0 Å². The number of hydrogen-bond donors (Lipinski definition) is 2. The van der Waals surface area contributed by atoms with E-state index in [1.54, 1.807) is 6.07 Å². The van der Waals surface area contributed by atoms with Crippen molar-refractivity contribution in [1.82, 2.24) is 10.3 Å². The molecule has 0 saturated heterocycles. The quantitative estimate of drug-likeness (QED) is 0.892. The molecule has 1 atom stereocenters. The van der Waals surface area contributed by atoms with Crippen LogP contribution in [0.5, 0.6) is 0 Å². The molecule has 3 rings (SSSR count). The molecule has 2 aromatic rings. The van der Waals surface area contributed by atoms with Gasteiger partial charge in [0.25, 0.3) is 5.91 Å². The summed E-state index contributed by atoms with van der Waals surface area (Å²) >= 11 is 0. The fraction of sp³-hybridized carbons (Fsp3) is 0.467. The Morgan fingerprint density at radius 2 is 2.30 bits per heavy atom. The minimum absolute atomic E-state index is 0.222. The summed E-state index contributed by atoms with van der Waals surface area (Å²) in [7, 11) is 0. The maximum absolute atomic E-state index is 12.3. The van der Waals surface area contributed by atoms with E-state index in [1.807, 2.05) is 26.0 Å². The number of nitrogens with one attached hydrogen (secondary N) is 1. The Morgan fingerprint density at radius 3 is 2.95 bits per heavy atom. The fourth-order valence-corrected chi connectivity index (χ4v) is 2.50. The van der Waals surface area contributed by atoms with Crippen molar-refractivity contribution in [3.63, 3.8) is 0 Å². The zero-order valence-electron chi connectivity index (χ0n) is 11.8. The Balaban J connectivity index is 1.85. The number of furan rings is 1. The summed E-state index contributed by atoms with van der Waals surface area (Å²) in [6.45, 7) is 4.33. The van der Waals surface area contributed by atoms with Gasteiger partial charge in [0.1, 0.15) is 5.52 Å². The molecule has 0 bridgehead atoms. The third kappa shape index (κ3) is 2.29. The molecule has 0 radical (unpaired) electrons. The number of aryl methyl sites for hydroxylation is 1. The lowest BCUT2D eigenvalue weighted by molar-refractivity contribution is 0.0871. The molecule has 0 aromatic carbocycles. The van der Waals surface area contributed by atoms with Crippen LogP contribution in [-0.4, -0.2) is 23.0 Å². The van der Waals surface area contributed by atoms with Crippen LogP contribution in [0.4, 0.5) is 0 Å². The molecule has 5 heteroatoms. The van der Waals surface area contributed by atoms with Gasteiger partial charge in [-0.05, 0) is 44.7 Å². The number of nitrogens with two attached hydrogens (primary N) is 1. The topological polar surface area (TPSA) is 81.2 Å².